The minimum Gasteiger partial charge on any atom is -0.395 e. The molecule has 1 heterocycles. The van der Waals surface area contributed by atoms with Crippen molar-refractivity contribution in [2.45, 2.75) is 45.7 Å². The zero-order valence-corrected chi connectivity index (χ0v) is 12.8. The summed E-state index contributed by atoms with van der Waals surface area (Å²) in [5, 5.41) is 12.3. The van der Waals surface area contributed by atoms with Crippen LogP contribution in [-0.4, -0.2) is 71.7 Å². The third kappa shape index (κ3) is 5.89. The molecule has 1 aliphatic rings. The van der Waals surface area contributed by atoms with Gasteiger partial charge in [0.05, 0.1) is 13.2 Å². The minimum atomic E-state index is -0.164. The zero-order chi connectivity index (χ0) is 14.5. The highest BCUT2D eigenvalue weighted by atomic mass is 16.3. The van der Waals surface area contributed by atoms with Crippen molar-refractivity contribution in [1.29, 1.82) is 0 Å². The second-order valence-electron chi connectivity index (χ2n) is 6.35. The van der Waals surface area contributed by atoms with Gasteiger partial charge in [-0.05, 0) is 27.2 Å². The fourth-order valence-electron chi connectivity index (χ4n) is 2.45. The number of aliphatic hydroxyl groups excluding tert-OH is 1. The predicted molar refractivity (Wildman–Crippen MR) is 77.1 cm³/mol. The summed E-state index contributed by atoms with van der Waals surface area (Å²) in [7, 11) is 0. The molecular formula is C14H29N3O2. The summed E-state index contributed by atoms with van der Waals surface area (Å²) in [6.45, 7) is 12.4. The van der Waals surface area contributed by atoms with E-state index in [4.69, 9.17) is 0 Å². The van der Waals surface area contributed by atoms with E-state index in [-0.39, 0.29) is 24.1 Å². The van der Waals surface area contributed by atoms with Crippen LogP contribution in [0, 0.1) is 0 Å². The second-order valence-corrected chi connectivity index (χ2v) is 6.35. The smallest absolute Gasteiger partial charge is 0.234 e. The van der Waals surface area contributed by atoms with Gasteiger partial charge < -0.3 is 10.4 Å². The maximum atomic E-state index is 11.8. The standard InChI is InChI=1S/C14H29N3O2/c1-5-12(11-18)17-8-6-16(7-9-17)10-13(19)15-14(2,3)4/h12,18H,5-11H2,1-4H3,(H,15,19). The van der Waals surface area contributed by atoms with E-state index in [9.17, 15) is 9.90 Å². The van der Waals surface area contributed by atoms with Crippen LogP contribution in [0.2, 0.25) is 0 Å². The van der Waals surface area contributed by atoms with E-state index >= 15 is 0 Å². The topological polar surface area (TPSA) is 55.8 Å². The van der Waals surface area contributed by atoms with E-state index < -0.39 is 0 Å². The minimum absolute atomic E-state index is 0.0927. The molecule has 19 heavy (non-hydrogen) atoms. The van der Waals surface area contributed by atoms with Crippen LogP contribution < -0.4 is 5.32 Å². The third-order valence-corrected chi connectivity index (χ3v) is 3.49. The Morgan fingerprint density at radius 1 is 1.26 bits per heavy atom. The first-order valence-corrected chi connectivity index (χ1v) is 7.24. The zero-order valence-electron chi connectivity index (χ0n) is 12.8. The fraction of sp³-hybridized carbons (Fsp3) is 0.929. The van der Waals surface area contributed by atoms with Crippen molar-refractivity contribution in [3.05, 3.63) is 0 Å². The normalized spacial score (nSPS) is 20.3. The molecule has 5 heteroatoms. The van der Waals surface area contributed by atoms with Gasteiger partial charge in [-0.2, -0.15) is 0 Å². The summed E-state index contributed by atoms with van der Waals surface area (Å²) < 4.78 is 0. The number of aliphatic hydroxyl groups is 1. The molecule has 0 aliphatic carbocycles. The highest BCUT2D eigenvalue weighted by molar-refractivity contribution is 5.78. The molecule has 0 aromatic heterocycles. The first-order chi connectivity index (χ1) is 8.85. The molecule has 0 aromatic rings. The highest BCUT2D eigenvalue weighted by Gasteiger charge is 2.24. The monoisotopic (exact) mass is 271 g/mol. The van der Waals surface area contributed by atoms with Crippen LogP contribution in [0.3, 0.4) is 0 Å². The van der Waals surface area contributed by atoms with Gasteiger partial charge in [-0.25, -0.2) is 0 Å². The molecular weight excluding hydrogens is 242 g/mol. The molecule has 0 saturated carbocycles. The molecule has 1 saturated heterocycles. The van der Waals surface area contributed by atoms with Crippen molar-refractivity contribution in [3.8, 4) is 0 Å². The van der Waals surface area contributed by atoms with Gasteiger partial charge in [0.2, 0.25) is 5.91 Å². The number of carbonyl (C=O) groups is 1. The molecule has 1 rings (SSSR count). The van der Waals surface area contributed by atoms with E-state index in [1.807, 2.05) is 20.8 Å². The summed E-state index contributed by atoms with van der Waals surface area (Å²) in [6, 6.07) is 0.269. The van der Waals surface area contributed by atoms with Crippen molar-refractivity contribution in [2.75, 3.05) is 39.3 Å². The number of rotatable bonds is 5. The van der Waals surface area contributed by atoms with Gasteiger partial charge >= 0.3 is 0 Å². The van der Waals surface area contributed by atoms with Gasteiger partial charge in [-0.15, -0.1) is 0 Å². The summed E-state index contributed by atoms with van der Waals surface area (Å²) in [5.74, 6) is 0.0927. The summed E-state index contributed by atoms with van der Waals surface area (Å²) in [6.07, 6.45) is 0.973. The fourth-order valence-corrected chi connectivity index (χ4v) is 2.45. The van der Waals surface area contributed by atoms with Gasteiger partial charge in [0.15, 0.2) is 0 Å². The van der Waals surface area contributed by atoms with Crippen molar-refractivity contribution in [1.82, 2.24) is 15.1 Å². The maximum Gasteiger partial charge on any atom is 0.234 e. The summed E-state index contributed by atoms with van der Waals surface area (Å²) in [5.41, 5.74) is -0.164. The molecule has 1 amide bonds. The first-order valence-electron chi connectivity index (χ1n) is 7.24. The molecule has 1 aliphatic heterocycles. The van der Waals surface area contributed by atoms with Crippen LogP contribution in [0.4, 0.5) is 0 Å². The Labute approximate surface area is 117 Å². The summed E-state index contributed by atoms with van der Waals surface area (Å²) in [4.78, 5) is 16.3. The average Bonchev–Trinajstić information content (AvgIpc) is 2.30. The molecule has 0 radical (unpaired) electrons. The van der Waals surface area contributed by atoms with Crippen molar-refractivity contribution < 1.29 is 9.90 Å². The highest BCUT2D eigenvalue weighted by Crippen LogP contribution is 2.09. The van der Waals surface area contributed by atoms with Gasteiger partial charge in [-0.1, -0.05) is 6.92 Å². The van der Waals surface area contributed by atoms with Gasteiger partial charge in [0.1, 0.15) is 0 Å². The van der Waals surface area contributed by atoms with Gasteiger partial charge in [0, 0.05) is 37.8 Å². The predicted octanol–water partition coefficient (Wildman–Crippen LogP) is 0.290. The van der Waals surface area contributed by atoms with Crippen molar-refractivity contribution in [3.63, 3.8) is 0 Å². The number of hydrogen-bond donors (Lipinski definition) is 2. The Morgan fingerprint density at radius 3 is 2.26 bits per heavy atom. The number of nitrogens with zero attached hydrogens (tertiary/aromatic N) is 2. The molecule has 2 N–H and O–H groups in total. The quantitative estimate of drug-likeness (QED) is 0.755. The molecule has 1 unspecified atom stereocenters. The van der Waals surface area contributed by atoms with Gasteiger partial charge in [0.25, 0.3) is 0 Å². The van der Waals surface area contributed by atoms with E-state index in [1.54, 1.807) is 0 Å². The van der Waals surface area contributed by atoms with Crippen LogP contribution in [0.5, 0.6) is 0 Å². The third-order valence-electron chi connectivity index (χ3n) is 3.49. The van der Waals surface area contributed by atoms with Gasteiger partial charge in [-0.3, -0.25) is 14.6 Å². The van der Waals surface area contributed by atoms with Crippen LogP contribution in [0.1, 0.15) is 34.1 Å². The number of carbonyl (C=O) groups excluding carboxylic acids is 1. The van der Waals surface area contributed by atoms with Crippen LogP contribution in [0.25, 0.3) is 0 Å². The molecule has 1 atom stereocenters. The summed E-state index contributed by atoms with van der Waals surface area (Å²) >= 11 is 0. The van der Waals surface area contributed by atoms with Crippen molar-refractivity contribution >= 4 is 5.91 Å². The number of nitrogens with one attached hydrogen (secondary N) is 1. The lowest BCUT2D eigenvalue weighted by atomic mass is 10.1. The largest absolute Gasteiger partial charge is 0.395 e. The Bertz CT molecular complexity index is 277. The molecule has 5 nitrogen and oxygen atoms in total. The van der Waals surface area contributed by atoms with Crippen molar-refractivity contribution in [2.24, 2.45) is 0 Å². The first kappa shape index (κ1) is 16.4. The lowest BCUT2D eigenvalue weighted by molar-refractivity contribution is -0.124. The number of hydrogen-bond acceptors (Lipinski definition) is 4. The van der Waals surface area contributed by atoms with Crippen LogP contribution in [0.15, 0.2) is 0 Å². The van der Waals surface area contributed by atoms with Crippen LogP contribution >= 0.6 is 0 Å². The Balaban J connectivity index is 2.32. The van der Waals surface area contributed by atoms with E-state index in [0.717, 1.165) is 32.6 Å². The SMILES string of the molecule is CCC(CO)N1CCN(CC(=O)NC(C)(C)C)CC1. The lowest BCUT2D eigenvalue weighted by Crippen LogP contribution is -2.54. The van der Waals surface area contributed by atoms with E-state index in [0.29, 0.717) is 6.54 Å². The Hall–Kier alpha value is -0.650. The number of piperazine rings is 1. The number of amides is 1. The molecule has 112 valence electrons. The Morgan fingerprint density at radius 2 is 1.84 bits per heavy atom. The molecule has 0 bridgehead atoms. The second kappa shape index (κ2) is 7.22. The lowest BCUT2D eigenvalue weighted by Gasteiger charge is -2.38. The average molecular weight is 271 g/mol. The molecule has 1 fully saturated rings. The van der Waals surface area contributed by atoms with E-state index in [2.05, 4.69) is 22.0 Å². The van der Waals surface area contributed by atoms with E-state index in [1.165, 1.54) is 0 Å². The Kier molecular flexibility index (Phi) is 6.23. The maximum absolute atomic E-state index is 11.8. The molecule has 0 aromatic carbocycles. The molecule has 0 spiro atoms. The van der Waals surface area contributed by atoms with Crippen LogP contribution in [-0.2, 0) is 4.79 Å².